The van der Waals surface area contributed by atoms with Gasteiger partial charge in [-0.1, -0.05) is 0 Å². The Morgan fingerprint density at radius 2 is 2.11 bits per heavy atom. The molecule has 1 saturated heterocycles. The molecule has 186 valence electrons. The first-order chi connectivity index (χ1) is 16.8. The smallest absolute Gasteiger partial charge is 0.274 e. The number of ether oxygens (including phenoxy) is 2. The van der Waals surface area contributed by atoms with E-state index in [0.717, 1.165) is 25.0 Å². The van der Waals surface area contributed by atoms with Crippen molar-refractivity contribution < 1.29 is 18.7 Å². The van der Waals surface area contributed by atoms with E-state index in [2.05, 4.69) is 15.3 Å². The minimum absolute atomic E-state index is 0.00767. The number of nitrogens with zero attached hydrogens (tertiary/aromatic N) is 4. The fourth-order valence-corrected chi connectivity index (χ4v) is 4.30. The number of carbonyl (C=O) groups excluding carboxylic acids is 1. The Bertz CT molecular complexity index is 1300. The number of amides is 1. The molecule has 1 amide bonds. The van der Waals surface area contributed by atoms with Gasteiger partial charge in [0.2, 0.25) is 11.7 Å². The van der Waals surface area contributed by atoms with Crippen LogP contribution in [-0.2, 0) is 4.74 Å². The van der Waals surface area contributed by atoms with Gasteiger partial charge in [-0.15, -0.1) is 0 Å². The Labute approximate surface area is 202 Å². The average molecular weight is 484 g/mol. The van der Waals surface area contributed by atoms with E-state index in [1.54, 1.807) is 40.4 Å². The molecule has 9 nitrogen and oxygen atoms in total. The standard InChI is InChI=1S/C25H30FN5O4/c1-15(2)35-22-18(21(32)27-19-5-4-10-31(23(19)33)17-6-7-17)11-30-12-20(28-24(30)29-22)16-8-9-25(3,14-26)34-13-16/h4-5,10-12,15-17H,6-9,13-14H2,1-3H3,(H,27,32)/t16?,25-/m0/s1. The van der Waals surface area contributed by atoms with Crippen LogP contribution in [0.1, 0.15) is 74.5 Å². The molecule has 2 aliphatic rings. The van der Waals surface area contributed by atoms with Crippen LogP contribution in [0.15, 0.2) is 35.5 Å². The van der Waals surface area contributed by atoms with E-state index in [-0.39, 0.29) is 40.8 Å². The summed E-state index contributed by atoms with van der Waals surface area (Å²) >= 11 is 0. The van der Waals surface area contributed by atoms with Gasteiger partial charge in [-0.2, -0.15) is 4.98 Å². The number of fused-ring (bicyclic) bond motifs is 1. The third kappa shape index (κ3) is 4.80. The van der Waals surface area contributed by atoms with E-state index in [9.17, 15) is 14.0 Å². The van der Waals surface area contributed by atoms with Crippen molar-refractivity contribution in [1.29, 1.82) is 0 Å². The SMILES string of the molecule is CC(C)Oc1nc2nc(C3CC[C@@](C)(CF)OC3)cn2cc1C(=O)Nc1cccn(C2CC2)c1=O. The van der Waals surface area contributed by atoms with Gasteiger partial charge in [0.15, 0.2) is 0 Å². The van der Waals surface area contributed by atoms with Crippen molar-refractivity contribution in [2.75, 3.05) is 18.6 Å². The number of hydrogen-bond acceptors (Lipinski definition) is 6. The van der Waals surface area contributed by atoms with Gasteiger partial charge in [-0.3, -0.25) is 14.0 Å². The molecule has 4 heterocycles. The number of halogens is 1. The van der Waals surface area contributed by atoms with Crippen LogP contribution < -0.4 is 15.6 Å². The largest absolute Gasteiger partial charge is 0.474 e. The highest BCUT2D eigenvalue weighted by molar-refractivity contribution is 6.05. The molecule has 10 heteroatoms. The minimum atomic E-state index is -0.743. The summed E-state index contributed by atoms with van der Waals surface area (Å²) in [6.45, 7) is 5.32. The normalized spacial score (nSPS) is 22.5. The van der Waals surface area contributed by atoms with E-state index in [0.29, 0.717) is 18.8 Å². The highest BCUT2D eigenvalue weighted by Gasteiger charge is 2.34. The number of pyridine rings is 1. The average Bonchev–Trinajstić information content (AvgIpc) is 3.59. The Kier molecular flexibility index (Phi) is 6.08. The third-order valence-electron chi connectivity index (χ3n) is 6.54. The predicted molar refractivity (Wildman–Crippen MR) is 128 cm³/mol. The maximum Gasteiger partial charge on any atom is 0.274 e. The highest BCUT2D eigenvalue weighted by Crippen LogP contribution is 2.34. The summed E-state index contributed by atoms with van der Waals surface area (Å²) < 4.78 is 28.2. The van der Waals surface area contributed by atoms with Crippen LogP contribution in [0.3, 0.4) is 0 Å². The number of hydrogen-bond donors (Lipinski definition) is 1. The van der Waals surface area contributed by atoms with E-state index in [1.807, 2.05) is 20.0 Å². The summed E-state index contributed by atoms with van der Waals surface area (Å²) in [6.07, 6.45) is 8.22. The maximum absolute atomic E-state index is 13.3. The Morgan fingerprint density at radius 3 is 2.77 bits per heavy atom. The van der Waals surface area contributed by atoms with Gasteiger partial charge >= 0.3 is 0 Å². The zero-order valence-electron chi connectivity index (χ0n) is 20.2. The Balaban J connectivity index is 1.44. The highest BCUT2D eigenvalue weighted by atomic mass is 19.1. The van der Waals surface area contributed by atoms with Crippen LogP contribution in [0.2, 0.25) is 0 Å². The lowest BCUT2D eigenvalue weighted by molar-refractivity contribution is -0.0868. The molecule has 1 unspecified atom stereocenters. The number of nitrogens with one attached hydrogen (secondary N) is 1. The fourth-order valence-electron chi connectivity index (χ4n) is 4.30. The number of aromatic nitrogens is 4. The molecule has 5 rings (SSSR count). The first-order valence-corrected chi connectivity index (χ1v) is 12.0. The monoisotopic (exact) mass is 483 g/mol. The summed E-state index contributed by atoms with van der Waals surface area (Å²) in [5.74, 6) is 0.0521. The first kappa shape index (κ1) is 23.5. The Morgan fingerprint density at radius 1 is 1.31 bits per heavy atom. The van der Waals surface area contributed by atoms with Crippen LogP contribution in [0, 0.1) is 0 Å². The quantitative estimate of drug-likeness (QED) is 0.547. The molecule has 2 fully saturated rings. The van der Waals surface area contributed by atoms with Crippen LogP contribution in [0.4, 0.5) is 10.1 Å². The summed E-state index contributed by atoms with van der Waals surface area (Å²) in [6, 6.07) is 3.55. The lowest BCUT2D eigenvalue weighted by atomic mass is 9.89. The van der Waals surface area contributed by atoms with Crippen molar-refractivity contribution in [3.8, 4) is 5.88 Å². The van der Waals surface area contributed by atoms with E-state index < -0.39 is 18.2 Å². The second-order valence-corrected chi connectivity index (χ2v) is 9.95. The number of rotatable bonds is 7. The molecule has 3 aromatic heterocycles. The number of alkyl halides is 1. The molecule has 0 spiro atoms. The molecule has 0 bridgehead atoms. The topological polar surface area (TPSA) is 99.8 Å². The van der Waals surface area contributed by atoms with Gasteiger partial charge in [-0.25, -0.2) is 9.37 Å². The summed E-state index contributed by atoms with van der Waals surface area (Å²) in [5.41, 5.74) is 0.198. The molecular weight excluding hydrogens is 453 g/mol. The number of anilines is 1. The van der Waals surface area contributed by atoms with Gasteiger partial charge in [0.05, 0.1) is 24.0 Å². The fraction of sp³-hybridized carbons (Fsp3) is 0.520. The van der Waals surface area contributed by atoms with Gasteiger partial charge in [-0.05, 0) is 58.6 Å². The van der Waals surface area contributed by atoms with Crippen molar-refractivity contribution in [2.45, 2.75) is 70.1 Å². The molecule has 0 aromatic carbocycles. The van der Waals surface area contributed by atoms with Crippen LogP contribution in [0.25, 0.3) is 5.78 Å². The molecule has 35 heavy (non-hydrogen) atoms. The third-order valence-corrected chi connectivity index (χ3v) is 6.54. The first-order valence-electron chi connectivity index (χ1n) is 12.0. The molecule has 3 aromatic rings. The van der Waals surface area contributed by atoms with Crippen molar-refractivity contribution in [2.24, 2.45) is 0 Å². The minimum Gasteiger partial charge on any atom is -0.474 e. The van der Waals surface area contributed by atoms with Gasteiger partial charge < -0.3 is 19.4 Å². The van der Waals surface area contributed by atoms with Crippen LogP contribution >= 0.6 is 0 Å². The van der Waals surface area contributed by atoms with Crippen molar-refractivity contribution in [1.82, 2.24) is 18.9 Å². The lowest BCUT2D eigenvalue weighted by Gasteiger charge is -2.34. The zero-order valence-corrected chi connectivity index (χ0v) is 20.2. The molecule has 1 aliphatic carbocycles. The maximum atomic E-state index is 13.3. The van der Waals surface area contributed by atoms with Crippen molar-refractivity contribution in [3.63, 3.8) is 0 Å². The second kappa shape index (κ2) is 9.07. The number of imidazole rings is 1. The van der Waals surface area contributed by atoms with Crippen molar-refractivity contribution >= 4 is 17.4 Å². The molecule has 1 saturated carbocycles. The molecule has 1 aliphatic heterocycles. The van der Waals surface area contributed by atoms with Crippen molar-refractivity contribution in [3.05, 3.63) is 52.3 Å². The van der Waals surface area contributed by atoms with Gasteiger partial charge in [0, 0.05) is 30.6 Å². The van der Waals surface area contributed by atoms with E-state index in [4.69, 9.17) is 9.47 Å². The van der Waals surface area contributed by atoms with E-state index >= 15 is 0 Å². The summed E-state index contributed by atoms with van der Waals surface area (Å²) in [5, 5.41) is 2.73. The summed E-state index contributed by atoms with van der Waals surface area (Å²) in [4.78, 5) is 35.2. The molecule has 2 atom stereocenters. The second-order valence-electron chi connectivity index (χ2n) is 9.95. The molecule has 0 radical (unpaired) electrons. The Hall–Kier alpha value is -3.27. The predicted octanol–water partition coefficient (Wildman–Crippen LogP) is 3.89. The van der Waals surface area contributed by atoms with Gasteiger partial charge in [0.25, 0.3) is 11.5 Å². The molecular formula is C25H30FN5O4. The number of carbonyl (C=O) groups is 1. The van der Waals surface area contributed by atoms with Crippen LogP contribution in [-0.4, -0.2) is 49.8 Å². The van der Waals surface area contributed by atoms with Gasteiger partial charge in [0.1, 0.15) is 17.9 Å². The molecule has 1 N–H and O–H groups in total. The lowest BCUT2D eigenvalue weighted by Crippen LogP contribution is -2.37. The van der Waals surface area contributed by atoms with Crippen LogP contribution in [0.5, 0.6) is 5.88 Å². The zero-order chi connectivity index (χ0) is 24.7. The summed E-state index contributed by atoms with van der Waals surface area (Å²) in [7, 11) is 0. The van der Waals surface area contributed by atoms with E-state index in [1.165, 1.54) is 0 Å².